The van der Waals surface area contributed by atoms with E-state index in [1.807, 2.05) is 0 Å². The first-order valence-corrected chi connectivity index (χ1v) is 19.2. The van der Waals surface area contributed by atoms with Crippen molar-refractivity contribution in [3.8, 4) is 29.6 Å². The Kier molecular flexibility index (Phi) is 8.13. The molecule has 15 heteroatoms. The Hall–Kier alpha value is -5.20. The molecular weight excluding hydrogens is 730 g/mol. The van der Waals surface area contributed by atoms with Gasteiger partial charge in [0.15, 0.2) is 11.6 Å². The molecule has 0 radical (unpaired) electrons. The van der Waals surface area contributed by atoms with E-state index >= 15 is 13.2 Å². The third kappa shape index (κ3) is 5.32. The molecule has 5 aliphatic heterocycles. The number of alkyl halides is 1. The van der Waals surface area contributed by atoms with Gasteiger partial charge in [-0.3, -0.25) is 9.80 Å². The smallest absolute Gasteiger partial charge is 0.461 e. The summed E-state index contributed by atoms with van der Waals surface area (Å²) in [5.74, 6) is 0.197. The minimum Gasteiger partial charge on any atom is -0.461 e. The van der Waals surface area contributed by atoms with Crippen LogP contribution in [0, 0.1) is 36.7 Å². The lowest BCUT2D eigenvalue weighted by Gasteiger charge is -2.48. The molecule has 2 N–H and O–H groups in total. The summed E-state index contributed by atoms with van der Waals surface area (Å²) in [6.45, 7) is 3.76. The molecule has 5 aromatic rings. The molecule has 56 heavy (non-hydrogen) atoms. The minimum absolute atomic E-state index is 0.00734. The molecule has 10 rings (SSSR count). The maximum absolute atomic E-state index is 17.5. The second kappa shape index (κ2) is 12.9. The number of rotatable bonds is 6. The molecule has 11 nitrogen and oxygen atoms in total. The van der Waals surface area contributed by atoms with E-state index in [-0.39, 0.29) is 76.1 Å². The van der Waals surface area contributed by atoms with E-state index in [4.69, 9.17) is 30.7 Å². The Balaban J connectivity index is 1.16. The Morgan fingerprint density at radius 1 is 1.05 bits per heavy atom. The van der Waals surface area contributed by atoms with Gasteiger partial charge >= 0.3 is 11.8 Å². The highest BCUT2D eigenvalue weighted by molar-refractivity contribution is 6.04. The number of hydrogen-bond donors (Lipinski definition) is 1. The molecule has 0 amide bonds. The number of aryl methyl sites for hydroxylation is 2. The lowest BCUT2D eigenvalue weighted by atomic mass is 9.89. The van der Waals surface area contributed by atoms with E-state index in [1.165, 1.54) is 18.2 Å². The maximum atomic E-state index is 17.5. The van der Waals surface area contributed by atoms with Gasteiger partial charge in [0.2, 0.25) is 0 Å². The number of hydrogen-bond acceptors (Lipinski definition) is 11. The number of ether oxygens (including phenoxy) is 1. The number of aromatic nitrogens is 3. The van der Waals surface area contributed by atoms with Crippen LogP contribution in [0.4, 0.5) is 29.2 Å². The quantitative estimate of drug-likeness (QED) is 0.157. The third-order valence-electron chi connectivity index (χ3n) is 13.0. The summed E-state index contributed by atoms with van der Waals surface area (Å²) in [6, 6.07) is 3.92. The molecule has 8 heterocycles. The lowest BCUT2D eigenvalue weighted by Crippen LogP contribution is -2.60. The second-order valence-electron chi connectivity index (χ2n) is 16.0. The van der Waals surface area contributed by atoms with Crippen LogP contribution in [-0.4, -0.2) is 80.8 Å². The van der Waals surface area contributed by atoms with Crippen molar-refractivity contribution in [2.75, 3.05) is 36.9 Å². The minimum atomic E-state index is -1.03. The highest BCUT2D eigenvalue weighted by Crippen LogP contribution is 2.47. The number of terminal acetylenes is 1. The van der Waals surface area contributed by atoms with Crippen LogP contribution in [0.2, 0.25) is 0 Å². The van der Waals surface area contributed by atoms with Crippen LogP contribution < -0.4 is 21.2 Å². The zero-order valence-corrected chi connectivity index (χ0v) is 30.7. The van der Waals surface area contributed by atoms with Crippen LogP contribution in [0.5, 0.6) is 6.01 Å². The summed E-state index contributed by atoms with van der Waals surface area (Å²) in [5.41, 5.74) is 4.76. The number of pyridine rings is 1. The van der Waals surface area contributed by atoms with Crippen molar-refractivity contribution in [2.24, 2.45) is 0 Å². The standard InChI is InChI=1S/C41H39F4N7O4/c1-3-24-26(43)10-8-21-14-30(46)47-36(31(21)24)33-34(44)25-6-4-7-27-28-11-9-23(51(28)18-29-20(2)55-40(53)56-29)17-52(27)38-32(25)37(35(33)45)48-39(49-38)54-19-41-12-5-13-50(41)16-22(42)15-41/h1,8,10,14,22-23,27-28H,4-7,9,11-13,15-19H2,2H3,(H2,46,47)/t22-,23-,27?,28+,41+/m1/s1. The zero-order chi connectivity index (χ0) is 38.6. The molecule has 5 aliphatic rings. The van der Waals surface area contributed by atoms with Crippen LogP contribution in [0.25, 0.3) is 32.9 Å². The Morgan fingerprint density at radius 2 is 1.91 bits per heavy atom. The molecule has 0 saturated carbocycles. The van der Waals surface area contributed by atoms with Crippen molar-refractivity contribution >= 4 is 33.3 Å². The molecule has 5 atom stereocenters. The van der Waals surface area contributed by atoms with E-state index in [1.54, 1.807) is 6.92 Å². The van der Waals surface area contributed by atoms with Crippen LogP contribution in [0.15, 0.2) is 31.8 Å². The number of piperazine rings is 1. The fourth-order valence-corrected chi connectivity index (χ4v) is 10.5. The van der Waals surface area contributed by atoms with Crippen LogP contribution in [0.3, 0.4) is 0 Å². The van der Waals surface area contributed by atoms with Gasteiger partial charge < -0.3 is 24.2 Å². The number of fused-ring (bicyclic) bond motifs is 7. The van der Waals surface area contributed by atoms with E-state index in [0.29, 0.717) is 61.6 Å². The van der Waals surface area contributed by atoms with Gasteiger partial charge in [0, 0.05) is 48.6 Å². The van der Waals surface area contributed by atoms with Crippen LogP contribution in [-0.2, 0) is 13.0 Å². The SMILES string of the molecule is C#Cc1c(F)ccc2cc(N)nc(-c3c(F)c4c5c(nc(OC[C@@]67CCCN6C[C@H](F)C7)nc5c3F)N3C[C@H]5CC[C@@H](C3CCC4)N5Cc3oc(=O)oc3C)c12. The average Bonchev–Trinajstić information content (AvgIpc) is 3.87. The summed E-state index contributed by atoms with van der Waals surface area (Å²) >= 11 is 0. The van der Waals surface area contributed by atoms with Crippen LogP contribution >= 0.6 is 0 Å². The molecular formula is C41H39F4N7O4. The first kappa shape index (κ1) is 35.2. The topological polar surface area (TPSA) is 127 Å². The molecule has 4 fully saturated rings. The van der Waals surface area contributed by atoms with E-state index < -0.39 is 40.5 Å². The molecule has 290 valence electrons. The van der Waals surface area contributed by atoms with E-state index in [2.05, 4.69) is 30.6 Å². The van der Waals surface area contributed by atoms with Gasteiger partial charge in [-0.05, 0) is 75.9 Å². The average molecular weight is 770 g/mol. The zero-order valence-electron chi connectivity index (χ0n) is 30.7. The molecule has 1 unspecified atom stereocenters. The molecule has 3 aromatic heterocycles. The number of benzene rings is 2. The summed E-state index contributed by atoms with van der Waals surface area (Å²) < 4.78 is 81.8. The summed E-state index contributed by atoms with van der Waals surface area (Å²) in [4.78, 5) is 32.5. The summed E-state index contributed by atoms with van der Waals surface area (Å²) in [6.07, 6.45) is 9.86. The van der Waals surface area contributed by atoms with Gasteiger partial charge in [0.25, 0.3) is 0 Å². The van der Waals surface area contributed by atoms with Gasteiger partial charge in [-0.15, -0.1) is 6.42 Å². The van der Waals surface area contributed by atoms with Gasteiger partial charge in [0.1, 0.15) is 47.3 Å². The number of anilines is 2. The van der Waals surface area contributed by atoms with Crippen molar-refractivity contribution < 1.29 is 31.1 Å². The third-order valence-corrected chi connectivity index (χ3v) is 13.0. The monoisotopic (exact) mass is 769 g/mol. The predicted molar refractivity (Wildman–Crippen MR) is 199 cm³/mol. The molecule has 0 aliphatic carbocycles. The van der Waals surface area contributed by atoms with Gasteiger partial charge in [-0.1, -0.05) is 12.0 Å². The van der Waals surface area contributed by atoms with Crippen molar-refractivity contribution in [1.82, 2.24) is 24.8 Å². The lowest BCUT2D eigenvalue weighted by molar-refractivity contribution is 0.106. The fourth-order valence-electron chi connectivity index (χ4n) is 10.5. The summed E-state index contributed by atoms with van der Waals surface area (Å²) in [7, 11) is 0. The molecule has 0 spiro atoms. The Bertz CT molecular complexity index is 2550. The highest BCUT2D eigenvalue weighted by Gasteiger charge is 2.50. The Labute approximate surface area is 318 Å². The number of nitrogens with two attached hydrogens (primary N) is 1. The first-order valence-electron chi connectivity index (χ1n) is 19.2. The predicted octanol–water partition coefficient (Wildman–Crippen LogP) is 6.19. The second-order valence-corrected chi connectivity index (χ2v) is 16.0. The molecule has 2 bridgehead atoms. The number of nitrogen functional groups attached to an aromatic ring is 1. The fraction of sp³-hybridized carbons (Fsp3) is 0.463. The van der Waals surface area contributed by atoms with Crippen molar-refractivity contribution in [3.63, 3.8) is 0 Å². The largest absolute Gasteiger partial charge is 0.519 e. The number of nitrogens with zero attached hydrogens (tertiary/aromatic N) is 6. The van der Waals surface area contributed by atoms with Gasteiger partial charge in [-0.2, -0.15) is 9.97 Å². The van der Waals surface area contributed by atoms with E-state index in [0.717, 1.165) is 32.2 Å². The van der Waals surface area contributed by atoms with Crippen molar-refractivity contribution in [2.45, 2.75) is 94.7 Å². The van der Waals surface area contributed by atoms with Crippen molar-refractivity contribution in [3.05, 3.63) is 68.9 Å². The highest BCUT2D eigenvalue weighted by atomic mass is 19.1. The van der Waals surface area contributed by atoms with Crippen molar-refractivity contribution in [1.29, 1.82) is 0 Å². The normalized spacial score (nSPS) is 26.0. The van der Waals surface area contributed by atoms with Gasteiger partial charge in [-0.25, -0.2) is 27.3 Å². The van der Waals surface area contributed by atoms with Crippen LogP contribution in [0.1, 0.15) is 67.6 Å². The maximum Gasteiger partial charge on any atom is 0.519 e. The van der Waals surface area contributed by atoms with E-state index in [9.17, 15) is 9.18 Å². The first-order chi connectivity index (χ1) is 27.0. The summed E-state index contributed by atoms with van der Waals surface area (Å²) in [5, 5.41) is 0.661. The molecule has 4 saturated heterocycles. The van der Waals surface area contributed by atoms with Gasteiger partial charge in [0.05, 0.1) is 34.3 Å². The molecule has 2 aromatic carbocycles. The number of halogens is 4. The Morgan fingerprint density at radius 3 is 2.71 bits per heavy atom.